The highest BCUT2D eigenvalue weighted by Crippen LogP contribution is 2.36. The third-order valence-electron chi connectivity index (χ3n) is 3.67. The lowest BCUT2D eigenvalue weighted by Crippen LogP contribution is -2.07. The topological polar surface area (TPSA) is 21.3 Å². The van der Waals surface area contributed by atoms with Crippen LogP contribution in [0.2, 0.25) is 10.0 Å². The first-order valence-corrected chi connectivity index (χ1v) is 7.31. The molecule has 0 bridgehead atoms. The molecule has 0 fully saturated rings. The van der Waals surface area contributed by atoms with E-state index in [0.717, 1.165) is 23.6 Å². The Labute approximate surface area is 128 Å². The predicted molar refractivity (Wildman–Crippen MR) is 84.1 cm³/mol. The smallest absolute Gasteiger partial charge is 0.139 e. The minimum Gasteiger partial charge on any atom is -0.495 e. The number of rotatable bonds is 3. The molecule has 2 aromatic rings. The number of nitrogens with one attached hydrogen (secondary N) is 1. The first kappa shape index (κ1) is 13.6. The van der Waals surface area contributed by atoms with E-state index < -0.39 is 0 Å². The highest BCUT2D eigenvalue weighted by atomic mass is 35.5. The third kappa shape index (κ3) is 2.58. The summed E-state index contributed by atoms with van der Waals surface area (Å²) >= 11 is 12.1. The van der Waals surface area contributed by atoms with Crippen LogP contribution in [0.25, 0.3) is 0 Å². The van der Waals surface area contributed by atoms with E-state index in [0.29, 0.717) is 16.8 Å². The molecule has 1 aliphatic rings. The Bertz CT molecular complexity index is 642. The molecule has 2 aromatic carbocycles. The largest absolute Gasteiger partial charge is 0.495 e. The Balaban J connectivity index is 1.84. The van der Waals surface area contributed by atoms with Crippen LogP contribution in [0.3, 0.4) is 0 Å². The van der Waals surface area contributed by atoms with Crippen LogP contribution < -0.4 is 10.1 Å². The molecule has 3 rings (SSSR count). The van der Waals surface area contributed by atoms with Crippen LogP contribution in [-0.4, -0.2) is 7.11 Å². The average Bonchev–Trinajstić information content (AvgIpc) is 2.83. The summed E-state index contributed by atoms with van der Waals surface area (Å²) in [7, 11) is 1.62. The zero-order valence-electron chi connectivity index (χ0n) is 11.1. The van der Waals surface area contributed by atoms with Crippen molar-refractivity contribution in [3.63, 3.8) is 0 Å². The van der Waals surface area contributed by atoms with Crippen molar-refractivity contribution in [2.75, 3.05) is 12.4 Å². The van der Waals surface area contributed by atoms with E-state index in [1.807, 2.05) is 24.3 Å². The normalized spacial score (nSPS) is 16.9. The first-order valence-electron chi connectivity index (χ1n) is 6.56. The fourth-order valence-electron chi connectivity index (χ4n) is 2.69. The van der Waals surface area contributed by atoms with Crippen molar-refractivity contribution in [1.82, 2.24) is 0 Å². The van der Waals surface area contributed by atoms with Crippen molar-refractivity contribution in [2.24, 2.45) is 0 Å². The zero-order valence-corrected chi connectivity index (χ0v) is 12.6. The van der Waals surface area contributed by atoms with E-state index in [4.69, 9.17) is 27.9 Å². The lowest BCUT2D eigenvalue weighted by atomic mass is 10.1. The summed E-state index contributed by atoms with van der Waals surface area (Å²) in [6.45, 7) is 0. The Morgan fingerprint density at radius 2 is 2.00 bits per heavy atom. The SMILES string of the molecule is COc1cc(NC2CCc3cc(Cl)ccc32)ccc1Cl. The summed E-state index contributed by atoms with van der Waals surface area (Å²) in [5, 5.41) is 4.96. The molecule has 2 nitrogen and oxygen atoms in total. The number of hydrogen-bond donors (Lipinski definition) is 1. The second-order valence-corrected chi connectivity index (χ2v) is 5.77. The van der Waals surface area contributed by atoms with Crippen molar-refractivity contribution < 1.29 is 4.74 Å². The van der Waals surface area contributed by atoms with Gasteiger partial charge in [-0.2, -0.15) is 0 Å². The lowest BCUT2D eigenvalue weighted by molar-refractivity contribution is 0.415. The molecule has 104 valence electrons. The molecule has 0 spiro atoms. The number of ether oxygens (including phenoxy) is 1. The lowest BCUT2D eigenvalue weighted by Gasteiger charge is -2.16. The molecular weight excluding hydrogens is 293 g/mol. The Morgan fingerprint density at radius 1 is 1.15 bits per heavy atom. The van der Waals surface area contributed by atoms with E-state index in [1.165, 1.54) is 11.1 Å². The minimum absolute atomic E-state index is 0.313. The van der Waals surface area contributed by atoms with Crippen molar-refractivity contribution in [2.45, 2.75) is 18.9 Å². The molecule has 1 unspecified atom stereocenters. The number of anilines is 1. The van der Waals surface area contributed by atoms with Gasteiger partial charge in [-0.1, -0.05) is 29.3 Å². The van der Waals surface area contributed by atoms with Gasteiger partial charge in [0.15, 0.2) is 0 Å². The number of fused-ring (bicyclic) bond motifs is 1. The highest BCUT2D eigenvalue weighted by Gasteiger charge is 2.22. The van der Waals surface area contributed by atoms with Gasteiger partial charge in [-0.05, 0) is 48.2 Å². The van der Waals surface area contributed by atoms with Gasteiger partial charge in [0.05, 0.1) is 18.2 Å². The summed E-state index contributed by atoms with van der Waals surface area (Å²) in [6, 6.07) is 12.2. The fourth-order valence-corrected chi connectivity index (χ4v) is 3.08. The quantitative estimate of drug-likeness (QED) is 0.851. The fraction of sp³-hybridized carbons (Fsp3) is 0.250. The molecule has 0 aromatic heterocycles. The predicted octanol–water partition coefficient (Wildman–Crippen LogP) is 5.10. The molecule has 0 radical (unpaired) electrons. The monoisotopic (exact) mass is 307 g/mol. The average molecular weight is 308 g/mol. The molecule has 20 heavy (non-hydrogen) atoms. The van der Waals surface area contributed by atoms with Gasteiger partial charge < -0.3 is 10.1 Å². The van der Waals surface area contributed by atoms with Crippen molar-refractivity contribution >= 4 is 28.9 Å². The molecule has 1 aliphatic carbocycles. The van der Waals surface area contributed by atoms with Gasteiger partial charge in [-0.25, -0.2) is 0 Å². The number of benzene rings is 2. The van der Waals surface area contributed by atoms with Crippen LogP contribution in [0.5, 0.6) is 5.75 Å². The van der Waals surface area contributed by atoms with E-state index >= 15 is 0 Å². The van der Waals surface area contributed by atoms with Gasteiger partial charge in [0.25, 0.3) is 0 Å². The molecule has 0 aliphatic heterocycles. The number of hydrogen-bond acceptors (Lipinski definition) is 2. The Hall–Kier alpha value is -1.38. The summed E-state index contributed by atoms with van der Waals surface area (Å²) in [5.74, 6) is 0.686. The highest BCUT2D eigenvalue weighted by molar-refractivity contribution is 6.32. The number of aryl methyl sites for hydroxylation is 1. The Kier molecular flexibility index (Phi) is 3.77. The molecule has 1 atom stereocenters. The van der Waals surface area contributed by atoms with Gasteiger partial charge in [0.2, 0.25) is 0 Å². The summed E-state index contributed by atoms with van der Waals surface area (Å²) in [5.41, 5.74) is 3.67. The van der Waals surface area contributed by atoms with Crippen molar-refractivity contribution in [3.05, 3.63) is 57.6 Å². The van der Waals surface area contributed by atoms with Crippen LogP contribution in [0.4, 0.5) is 5.69 Å². The van der Waals surface area contributed by atoms with Gasteiger partial charge in [0, 0.05) is 16.8 Å². The second-order valence-electron chi connectivity index (χ2n) is 4.93. The third-order valence-corrected chi connectivity index (χ3v) is 4.22. The van der Waals surface area contributed by atoms with E-state index in [-0.39, 0.29) is 0 Å². The summed E-state index contributed by atoms with van der Waals surface area (Å²) in [6.07, 6.45) is 2.12. The van der Waals surface area contributed by atoms with Crippen molar-refractivity contribution in [3.8, 4) is 5.75 Å². The summed E-state index contributed by atoms with van der Waals surface area (Å²) < 4.78 is 5.25. The molecular formula is C16H15Cl2NO. The van der Waals surface area contributed by atoms with Crippen LogP contribution in [0, 0.1) is 0 Å². The standard InChI is InChI=1S/C16H15Cl2NO/c1-20-16-9-12(4-6-14(16)18)19-15-7-2-10-8-11(17)3-5-13(10)15/h3-6,8-9,15,19H,2,7H2,1H3. The van der Waals surface area contributed by atoms with Gasteiger partial charge in [-0.3, -0.25) is 0 Å². The van der Waals surface area contributed by atoms with E-state index in [9.17, 15) is 0 Å². The maximum Gasteiger partial charge on any atom is 0.139 e. The van der Waals surface area contributed by atoms with Gasteiger partial charge in [-0.15, -0.1) is 0 Å². The van der Waals surface area contributed by atoms with Crippen molar-refractivity contribution in [1.29, 1.82) is 0 Å². The molecule has 0 heterocycles. The molecule has 0 saturated heterocycles. The number of methoxy groups -OCH3 is 1. The van der Waals surface area contributed by atoms with Crippen LogP contribution in [0.1, 0.15) is 23.6 Å². The minimum atomic E-state index is 0.313. The molecule has 4 heteroatoms. The molecule has 1 N–H and O–H groups in total. The van der Waals surface area contributed by atoms with E-state index in [2.05, 4.69) is 17.4 Å². The first-order chi connectivity index (χ1) is 9.67. The number of halogens is 2. The van der Waals surface area contributed by atoms with Crippen LogP contribution in [0.15, 0.2) is 36.4 Å². The summed E-state index contributed by atoms with van der Waals surface area (Å²) in [4.78, 5) is 0. The van der Waals surface area contributed by atoms with Gasteiger partial charge in [0.1, 0.15) is 5.75 Å². The maximum absolute atomic E-state index is 6.04. The van der Waals surface area contributed by atoms with Crippen LogP contribution >= 0.6 is 23.2 Å². The Morgan fingerprint density at radius 3 is 2.80 bits per heavy atom. The zero-order chi connectivity index (χ0) is 14.1. The molecule has 0 saturated carbocycles. The van der Waals surface area contributed by atoms with Gasteiger partial charge >= 0.3 is 0 Å². The molecule has 0 amide bonds. The maximum atomic E-state index is 6.04. The second kappa shape index (κ2) is 5.55. The van der Waals surface area contributed by atoms with Crippen LogP contribution in [-0.2, 0) is 6.42 Å². The van der Waals surface area contributed by atoms with E-state index in [1.54, 1.807) is 7.11 Å².